The van der Waals surface area contributed by atoms with Crippen molar-refractivity contribution in [1.82, 2.24) is 4.98 Å². The van der Waals surface area contributed by atoms with Crippen LogP contribution in [-0.4, -0.2) is 34.5 Å². The number of hydrogen-bond acceptors (Lipinski definition) is 6. The number of pyridine rings is 1. The molecule has 3 N–H and O–H groups in total. The molecule has 1 aromatic heterocycles. The summed E-state index contributed by atoms with van der Waals surface area (Å²) >= 11 is 0. The first-order chi connectivity index (χ1) is 12.7. The quantitative estimate of drug-likeness (QED) is 0.670. The zero-order valence-electron chi connectivity index (χ0n) is 15.2. The van der Waals surface area contributed by atoms with E-state index in [9.17, 15) is 18.8 Å². The van der Waals surface area contributed by atoms with Crippen LogP contribution >= 0.6 is 0 Å². The van der Waals surface area contributed by atoms with E-state index in [0.29, 0.717) is 11.3 Å². The minimum absolute atomic E-state index is 0.0227. The predicted molar refractivity (Wildman–Crippen MR) is 97.4 cm³/mol. The summed E-state index contributed by atoms with van der Waals surface area (Å²) in [6.07, 6.45) is -2.13. The second-order valence-corrected chi connectivity index (χ2v) is 6.80. The van der Waals surface area contributed by atoms with Crippen molar-refractivity contribution < 1.29 is 28.3 Å². The highest BCUT2D eigenvalue weighted by Gasteiger charge is 2.43. The highest BCUT2D eigenvalue weighted by Crippen LogP contribution is 2.43. The zero-order valence-corrected chi connectivity index (χ0v) is 15.2. The standard InChI is InChI=1S/C18H21BF2N2O4/c1-10(12(3)23-17-9-14(19(24)25)6-7-22-17)11(2)13-4-5-15-16(8-13)27-18(20,21)26-15/h4-12,24-25H,1-3H3,(H,22,23)/t10-,11?,12?/m0/s1. The molecule has 2 aromatic rings. The number of hydrogen-bond donors (Lipinski definition) is 3. The molecule has 0 spiro atoms. The van der Waals surface area contributed by atoms with Crippen LogP contribution in [0, 0.1) is 5.92 Å². The van der Waals surface area contributed by atoms with Crippen molar-refractivity contribution in [1.29, 1.82) is 0 Å². The number of rotatable bonds is 6. The number of nitrogens with zero attached hydrogens (tertiary/aromatic N) is 1. The molecule has 0 fully saturated rings. The third-order valence-corrected chi connectivity index (χ3v) is 4.99. The first-order valence-corrected chi connectivity index (χ1v) is 8.64. The van der Waals surface area contributed by atoms with Crippen LogP contribution in [0.2, 0.25) is 0 Å². The van der Waals surface area contributed by atoms with Gasteiger partial charge in [0.15, 0.2) is 11.5 Å². The molecule has 0 aliphatic carbocycles. The van der Waals surface area contributed by atoms with Crippen molar-refractivity contribution in [3.63, 3.8) is 0 Å². The van der Waals surface area contributed by atoms with E-state index in [1.54, 1.807) is 18.2 Å². The maximum Gasteiger partial charge on any atom is 0.586 e. The monoisotopic (exact) mass is 378 g/mol. The molecule has 0 amide bonds. The van der Waals surface area contributed by atoms with Gasteiger partial charge in [0.2, 0.25) is 0 Å². The molecule has 144 valence electrons. The Morgan fingerprint density at radius 2 is 1.78 bits per heavy atom. The zero-order chi connectivity index (χ0) is 19.8. The Hall–Kier alpha value is -2.39. The summed E-state index contributed by atoms with van der Waals surface area (Å²) in [5, 5.41) is 21.8. The molecular weight excluding hydrogens is 357 g/mol. The minimum Gasteiger partial charge on any atom is -0.423 e. The minimum atomic E-state index is -3.63. The third kappa shape index (κ3) is 4.31. The van der Waals surface area contributed by atoms with E-state index in [2.05, 4.69) is 19.8 Å². The summed E-state index contributed by atoms with van der Waals surface area (Å²) in [6.45, 7) is 6.01. The number of ether oxygens (including phenoxy) is 2. The summed E-state index contributed by atoms with van der Waals surface area (Å²) in [7, 11) is -1.56. The average molecular weight is 378 g/mol. The van der Waals surface area contributed by atoms with E-state index >= 15 is 0 Å². The molecule has 0 saturated carbocycles. The van der Waals surface area contributed by atoms with Crippen LogP contribution in [0.4, 0.5) is 14.6 Å². The fourth-order valence-electron chi connectivity index (χ4n) is 3.04. The van der Waals surface area contributed by atoms with Crippen molar-refractivity contribution in [3.8, 4) is 11.5 Å². The molecule has 1 aromatic carbocycles. The van der Waals surface area contributed by atoms with Gasteiger partial charge in [0.05, 0.1) is 0 Å². The van der Waals surface area contributed by atoms with E-state index < -0.39 is 13.4 Å². The number of anilines is 1. The molecule has 3 rings (SSSR count). The van der Waals surface area contributed by atoms with Crippen LogP contribution in [0.5, 0.6) is 11.5 Å². The number of aromatic nitrogens is 1. The number of alkyl halides is 2. The molecule has 9 heteroatoms. The first kappa shape index (κ1) is 19.4. The third-order valence-electron chi connectivity index (χ3n) is 4.99. The Morgan fingerprint density at radius 1 is 1.07 bits per heavy atom. The van der Waals surface area contributed by atoms with Crippen LogP contribution in [0.3, 0.4) is 0 Å². The molecule has 27 heavy (non-hydrogen) atoms. The van der Waals surface area contributed by atoms with Gasteiger partial charge < -0.3 is 24.8 Å². The fraction of sp³-hybridized carbons (Fsp3) is 0.389. The number of fused-ring (bicyclic) bond motifs is 1. The molecule has 1 aliphatic heterocycles. The van der Waals surface area contributed by atoms with Gasteiger partial charge in [-0.2, -0.15) is 0 Å². The van der Waals surface area contributed by atoms with Gasteiger partial charge in [-0.05, 0) is 54.1 Å². The summed E-state index contributed by atoms with van der Waals surface area (Å²) in [4.78, 5) is 4.19. The second kappa shape index (κ2) is 7.32. The molecule has 3 atom stereocenters. The topological polar surface area (TPSA) is 83.8 Å². The van der Waals surface area contributed by atoms with Gasteiger partial charge in [-0.1, -0.05) is 19.9 Å². The van der Waals surface area contributed by atoms with Gasteiger partial charge in [-0.15, -0.1) is 8.78 Å². The van der Waals surface area contributed by atoms with Crippen LogP contribution in [0.1, 0.15) is 32.3 Å². The maximum absolute atomic E-state index is 13.2. The molecule has 6 nitrogen and oxygen atoms in total. The number of halogens is 2. The van der Waals surface area contributed by atoms with Gasteiger partial charge in [0, 0.05) is 12.2 Å². The van der Waals surface area contributed by atoms with Crippen molar-refractivity contribution in [3.05, 3.63) is 42.1 Å². The molecule has 2 unspecified atom stereocenters. The molecule has 0 radical (unpaired) electrons. The van der Waals surface area contributed by atoms with Crippen LogP contribution < -0.4 is 20.3 Å². The Balaban J connectivity index is 1.70. The second-order valence-electron chi connectivity index (χ2n) is 6.80. The van der Waals surface area contributed by atoms with E-state index in [1.165, 1.54) is 18.3 Å². The molecule has 1 aliphatic rings. The lowest BCUT2D eigenvalue weighted by Crippen LogP contribution is -2.32. The smallest absolute Gasteiger partial charge is 0.423 e. The van der Waals surface area contributed by atoms with Crippen LogP contribution in [0.25, 0.3) is 0 Å². The summed E-state index contributed by atoms with van der Waals surface area (Å²) < 4.78 is 35.3. The number of nitrogens with one attached hydrogen (secondary N) is 1. The highest BCUT2D eigenvalue weighted by atomic mass is 19.3. The van der Waals surface area contributed by atoms with E-state index in [-0.39, 0.29) is 29.4 Å². The number of benzene rings is 1. The molecular formula is C18H21BF2N2O4. The van der Waals surface area contributed by atoms with Crippen molar-refractivity contribution >= 4 is 18.4 Å². The van der Waals surface area contributed by atoms with Crippen molar-refractivity contribution in [2.75, 3.05) is 5.32 Å². The summed E-state index contributed by atoms with van der Waals surface area (Å²) in [5.41, 5.74) is 1.20. The predicted octanol–water partition coefficient (Wildman–Crippen LogP) is 2.32. The fourth-order valence-corrected chi connectivity index (χ4v) is 3.04. The first-order valence-electron chi connectivity index (χ1n) is 8.64. The Morgan fingerprint density at radius 3 is 2.48 bits per heavy atom. The Labute approximate surface area is 156 Å². The SMILES string of the molecule is CC(Nc1cc(B(O)O)ccn1)[C@@H](C)C(C)c1ccc2c(c1)OC(F)(F)O2. The van der Waals surface area contributed by atoms with Crippen LogP contribution in [-0.2, 0) is 0 Å². The maximum atomic E-state index is 13.2. The van der Waals surface area contributed by atoms with Gasteiger partial charge >= 0.3 is 13.4 Å². The van der Waals surface area contributed by atoms with Crippen molar-refractivity contribution in [2.24, 2.45) is 5.92 Å². The normalized spacial score (nSPS) is 17.9. The Bertz CT molecular complexity index is 822. The van der Waals surface area contributed by atoms with Gasteiger partial charge in [-0.3, -0.25) is 0 Å². The molecule has 0 saturated heterocycles. The lowest BCUT2D eigenvalue weighted by molar-refractivity contribution is -0.286. The van der Waals surface area contributed by atoms with Gasteiger partial charge in [-0.25, -0.2) is 4.98 Å². The largest absolute Gasteiger partial charge is 0.586 e. The van der Waals surface area contributed by atoms with Crippen LogP contribution in [0.15, 0.2) is 36.5 Å². The Kier molecular flexibility index (Phi) is 5.25. The molecule has 2 heterocycles. The van der Waals surface area contributed by atoms with E-state index in [4.69, 9.17) is 0 Å². The lowest BCUT2D eigenvalue weighted by atomic mass is 9.81. The van der Waals surface area contributed by atoms with Crippen molar-refractivity contribution in [2.45, 2.75) is 39.0 Å². The van der Waals surface area contributed by atoms with Gasteiger partial charge in [0.25, 0.3) is 0 Å². The highest BCUT2D eigenvalue weighted by molar-refractivity contribution is 6.58. The summed E-state index contributed by atoms with van der Waals surface area (Å²) in [5.74, 6) is 0.719. The lowest BCUT2D eigenvalue weighted by Gasteiger charge is -2.28. The summed E-state index contributed by atoms with van der Waals surface area (Å²) in [6, 6.07) is 7.88. The van der Waals surface area contributed by atoms with Gasteiger partial charge in [0.1, 0.15) is 5.82 Å². The molecule has 0 bridgehead atoms. The van der Waals surface area contributed by atoms with E-state index in [1.807, 2.05) is 20.8 Å². The van der Waals surface area contributed by atoms with E-state index in [0.717, 1.165) is 5.56 Å². The average Bonchev–Trinajstić information content (AvgIpc) is 2.93.